The molecule has 0 aliphatic carbocycles. The smallest absolute Gasteiger partial charge is 0.256 e. The minimum atomic E-state index is -0.0868. The van der Waals surface area contributed by atoms with Crippen molar-refractivity contribution in [3.63, 3.8) is 0 Å². The first-order valence-electron chi connectivity index (χ1n) is 5.50. The summed E-state index contributed by atoms with van der Waals surface area (Å²) in [6.07, 6.45) is 1.79. The normalized spacial score (nSPS) is 10.0. The van der Waals surface area contributed by atoms with E-state index >= 15 is 0 Å². The van der Waals surface area contributed by atoms with Gasteiger partial charge in [-0.3, -0.25) is 14.3 Å². The molecule has 2 aromatic rings. The minimum Gasteiger partial charge on any atom is -0.269 e. The molecule has 0 amide bonds. The fourth-order valence-corrected chi connectivity index (χ4v) is 1.69. The molecular weight excluding hydrogens is 250 g/mol. The van der Waals surface area contributed by atoms with Crippen LogP contribution in [0.3, 0.4) is 0 Å². The van der Waals surface area contributed by atoms with Gasteiger partial charge in [0.05, 0.1) is 17.1 Å². The Bertz CT molecular complexity index is 635. The van der Waals surface area contributed by atoms with E-state index in [4.69, 9.17) is 0 Å². The van der Waals surface area contributed by atoms with Crippen molar-refractivity contribution in [2.24, 2.45) is 0 Å². The number of aryl methyl sites for hydroxylation is 4. The predicted molar refractivity (Wildman–Crippen MR) is 73.8 cm³/mol. The molecule has 0 aliphatic rings. The minimum absolute atomic E-state index is 0. The van der Waals surface area contributed by atoms with E-state index in [-0.39, 0.29) is 18.0 Å². The van der Waals surface area contributed by atoms with E-state index < -0.39 is 0 Å². The molecule has 0 aliphatic heterocycles. The summed E-state index contributed by atoms with van der Waals surface area (Å²) in [5.41, 5.74) is 3.44. The van der Waals surface area contributed by atoms with Crippen LogP contribution >= 0.6 is 12.4 Å². The molecule has 2 heterocycles. The summed E-state index contributed by atoms with van der Waals surface area (Å²) in [4.78, 5) is 20.7. The Balaban J connectivity index is 0.00000162. The Morgan fingerprint density at radius 2 is 1.56 bits per heavy atom. The number of aromatic nitrogens is 3. The lowest BCUT2D eigenvalue weighted by Crippen LogP contribution is -2.20. The van der Waals surface area contributed by atoms with Gasteiger partial charge in [-0.25, -0.2) is 4.98 Å². The monoisotopic (exact) mass is 265 g/mol. The highest BCUT2D eigenvalue weighted by Crippen LogP contribution is 2.10. The Morgan fingerprint density at radius 3 is 2.22 bits per heavy atom. The summed E-state index contributed by atoms with van der Waals surface area (Å²) in [6.45, 7) is 7.62. The third-order valence-corrected chi connectivity index (χ3v) is 2.74. The van der Waals surface area contributed by atoms with E-state index in [0.29, 0.717) is 5.82 Å². The fraction of sp³-hybridized carbons (Fsp3) is 0.308. The first kappa shape index (κ1) is 14.4. The van der Waals surface area contributed by atoms with E-state index in [9.17, 15) is 4.79 Å². The Labute approximate surface area is 112 Å². The van der Waals surface area contributed by atoms with Gasteiger partial charge < -0.3 is 0 Å². The van der Waals surface area contributed by atoms with Gasteiger partial charge in [-0.05, 0) is 33.3 Å². The number of hydrogen-bond acceptors (Lipinski definition) is 3. The highest BCUT2D eigenvalue weighted by molar-refractivity contribution is 5.85. The number of nitrogens with zero attached hydrogens (tertiary/aromatic N) is 3. The van der Waals surface area contributed by atoms with E-state index in [0.717, 1.165) is 22.6 Å². The maximum Gasteiger partial charge on any atom is 0.256 e. The lowest BCUT2D eigenvalue weighted by molar-refractivity contribution is 0.867. The molecule has 18 heavy (non-hydrogen) atoms. The second-order valence-electron chi connectivity index (χ2n) is 4.22. The second kappa shape index (κ2) is 5.31. The molecule has 0 bridgehead atoms. The van der Waals surface area contributed by atoms with Crippen molar-refractivity contribution in [2.75, 3.05) is 0 Å². The van der Waals surface area contributed by atoms with Crippen LogP contribution in [0.4, 0.5) is 0 Å². The van der Waals surface area contributed by atoms with Gasteiger partial charge in [-0.1, -0.05) is 6.07 Å². The first-order valence-corrected chi connectivity index (χ1v) is 5.50. The first-order chi connectivity index (χ1) is 7.99. The van der Waals surface area contributed by atoms with Crippen molar-refractivity contribution < 1.29 is 0 Å². The molecule has 0 spiro atoms. The summed E-state index contributed by atoms with van der Waals surface area (Å²) in [6, 6.07) is 3.34. The van der Waals surface area contributed by atoms with E-state index in [2.05, 4.69) is 9.97 Å². The van der Waals surface area contributed by atoms with Gasteiger partial charge >= 0.3 is 0 Å². The van der Waals surface area contributed by atoms with Crippen molar-refractivity contribution in [3.8, 4) is 5.82 Å². The van der Waals surface area contributed by atoms with Crippen LogP contribution < -0.4 is 5.56 Å². The number of halogens is 1. The molecule has 2 aromatic heterocycles. The summed E-state index contributed by atoms with van der Waals surface area (Å²) < 4.78 is 1.55. The molecule has 0 radical (unpaired) electrons. The van der Waals surface area contributed by atoms with E-state index in [1.807, 2.05) is 27.7 Å². The van der Waals surface area contributed by atoms with E-state index in [1.54, 1.807) is 22.9 Å². The highest BCUT2D eigenvalue weighted by atomic mass is 35.5. The van der Waals surface area contributed by atoms with Gasteiger partial charge in [0.1, 0.15) is 0 Å². The number of rotatable bonds is 1. The van der Waals surface area contributed by atoms with Crippen molar-refractivity contribution in [1.82, 2.24) is 14.5 Å². The third-order valence-electron chi connectivity index (χ3n) is 2.74. The zero-order valence-electron chi connectivity index (χ0n) is 10.9. The highest BCUT2D eigenvalue weighted by Gasteiger charge is 2.08. The molecule has 0 atom stereocenters. The lowest BCUT2D eigenvalue weighted by atomic mass is 10.3. The average molecular weight is 266 g/mol. The Kier molecular flexibility index (Phi) is 4.24. The van der Waals surface area contributed by atoms with Gasteiger partial charge in [0.15, 0.2) is 5.82 Å². The molecule has 96 valence electrons. The fourth-order valence-electron chi connectivity index (χ4n) is 1.69. The molecule has 0 saturated carbocycles. The number of pyridine rings is 1. The SMILES string of the molecule is Cc1ccc(=O)n(-c2nc(C)c(C)nc2C)c1.Cl. The molecular formula is C13H16ClN3O. The molecule has 0 N–H and O–H groups in total. The van der Waals surface area contributed by atoms with Crippen LogP contribution in [0.15, 0.2) is 23.1 Å². The summed E-state index contributed by atoms with van der Waals surface area (Å²) >= 11 is 0. The Hall–Kier alpha value is -1.68. The van der Waals surface area contributed by atoms with Gasteiger partial charge in [0.2, 0.25) is 0 Å². The van der Waals surface area contributed by atoms with Crippen molar-refractivity contribution in [2.45, 2.75) is 27.7 Å². The second-order valence-corrected chi connectivity index (χ2v) is 4.22. The zero-order valence-corrected chi connectivity index (χ0v) is 11.7. The summed E-state index contributed by atoms with van der Waals surface area (Å²) in [5.74, 6) is 0.613. The zero-order chi connectivity index (χ0) is 12.6. The van der Waals surface area contributed by atoms with Crippen molar-refractivity contribution in [1.29, 1.82) is 0 Å². The predicted octanol–water partition coefficient (Wildman–Crippen LogP) is 2.28. The van der Waals surface area contributed by atoms with Crippen molar-refractivity contribution >= 4 is 12.4 Å². The van der Waals surface area contributed by atoms with Gasteiger partial charge in [-0.2, -0.15) is 0 Å². The van der Waals surface area contributed by atoms with Crippen LogP contribution in [0.5, 0.6) is 0 Å². The largest absolute Gasteiger partial charge is 0.269 e. The summed E-state index contributed by atoms with van der Waals surface area (Å²) in [5, 5.41) is 0. The van der Waals surface area contributed by atoms with Gasteiger partial charge in [0.25, 0.3) is 5.56 Å². The standard InChI is InChI=1S/C13H15N3O.ClH/c1-8-5-6-12(17)16(7-8)13-11(4)14-9(2)10(3)15-13;/h5-7H,1-4H3;1H. The van der Waals surface area contributed by atoms with Gasteiger partial charge in [-0.15, -0.1) is 12.4 Å². The third kappa shape index (κ3) is 2.59. The molecule has 0 saturated heterocycles. The molecule has 5 heteroatoms. The van der Waals surface area contributed by atoms with Crippen LogP contribution in [0.2, 0.25) is 0 Å². The molecule has 0 aromatic carbocycles. The topological polar surface area (TPSA) is 47.8 Å². The lowest BCUT2D eigenvalue weighted by Gasteiger charge is -2.10. The molecule has 4 nitrogen and oxygen atoms in total. The molecule has 2 rings (SSSR count). The van der Waals surface area contributed by atoms with Crippen LogP contribution in [-0.4, -0.2) is 14.5 Å². The van der Waals surface area contributed by atoms with E-state index in [1.165, 1.54) is 0 Å². The van der Waals surface area contributed by atoms with Crippen LogP contribution in [-0.2, 0) is 0 Å². The summed E-state index contributed by atoms with van der Waals surface area (Å²) in [7, 11) is 0. The molecule has 0 unspecified atom stereocenters. The van der Waals surface area contributed by atoms with Crippen LogP contribution in [0.25, 0.3) is 5.82 Å². The Morgan fingerprint density at radius 1 is 0.944 bits per heavy atom. The quantitative estimate of drug-likeness (QED) is 0.795. The maximum absolute atomic E-state index is 11.8. The van der Waals surface area contributed by atoms with Crippen LogP contribution in [0.1, 0.15) is 22.6 Å². The van der Waals surface area contributed by atoms with Crippen molar-refractivity contribution in [3.05, 3.63) is 51.3 Å². The number of hydrogen-bond donors (Lipinski definition) is 0. The average Bonchev–Trinajstić information content (AvgIpc) is 2.27. The van der Waals surface area contributed by atoms with Crippen LogP contribution in [0, 0.1) is 27.7 Å². The maximum atomic E-state index is 11.8. The van der Waals surface area contributed by atoms with Gasteiger partial charge in [0, 0.05) is 12.3 Å². The molecule has 0 fully saturated rings.